The number of rotatable bonds is 4. The van der Waals surface area contributed by atoms with E-state index in [0.29, 0.717) is 17.0 Å². The molecule has 2 aromatic rings. The van der Waals surface area contributed by atoms with E-state index in [1.54, 1.807) is 18.2 Å². The van der Waals surface area contributed by atoms with E-state index in [0.717, 1.165) is 4.47 Å². The maximum absolute atomic E-state index is 12.1. The molecule has 0 saturated heterocycles. The van der Waals surface area contributed by atoms with Gasteiger partial charge in [-0.2, -0.15) is 0 Å². The van der Waals surface area contributed by atoms with Crippen molar-refractivity contribution in [3.63, 3.8) is 0 Å². The summed E-state index contributed by atoms with van der Waals surface area (Å²) in [5.41, 5.74) is 1.09. The third-order valence-corrected chi connectivity index (χ3v) is 3.22. The molecule has 0 saturated carbocycles. The Morgan fingerprint density at radius 3 is 2.29 bits per heavy atom. The minimum atomic E-state index is -1.03. The molecular formula is C15H12BrNO4. The van der Waals surface area contributed by atoms with Crippen molar-refractivity contribution in [3.8, 4) is 5.75 Å². The molecule has 108 valence electrons. The number of benzene rings is 2. The van der Waals surface area contributed by atoms with Crippen LogP contribution in [0.3, 0.4) is 0 Å². The monoisotopic (exact) mass is 349 g/mol. The lowest BCUT2D eigenvalue weighted by atomic mass is 10.1. The van der Waals surface area contributed by atoms with E-state index in [4.69, 9.17) is 9.84 Å². The van der Waals surface area contributed by atoms with Gasteiger partial charge in [-0.05, 0) is 36.4 Å². The van der Waals surface area contributed by atoms with Crippen molar-refractivity contribution < 1.29 is 19.4 Å². The average Bonchev–Trinajstić information content (AvgIpc) is 2.46. The van der Waals surface area contributed by atoms with Gasteiger partial charge in [0, 0.05) is 21.8 Å². The topological polar surface area (TPSA) is 75.6 Å². The smallest absolute Gasteiger partial charge is 0.335 e. The Kier molecular flexibility index (Phi) is 4.59. The molecule has 2 rings (SSSR count). The first kappa shape index (κ1) is 15.1. The molecule has 5 nitrogen and oxygen atoms in total. The highest BCUT2D eigenvalue weighted by Gasteiger charge is 2.09. The van der Waals surface area contributed by atoms with Gasteiger partial charge in [-0.3, -0.25) is 4.79 Å². The number of hydrogen-bond acceptors (Lipinski definition) is 3. The molecule has 0 spiro atoms. The molecule has 0 aliphatic carbocycles. The summed E-state index contributed by atoms with van der Waals surface area (Å²) < 4.78 is 5.89. The van der Waals surface area contributed by atoms with Crippen LogP contribution in [0.1, 0.15) is 20.7 Å². The van der Waals surface area contributed by atoms with Gasteiger partial charge in [0.05, 0.1) is 12.7 Å². The highest BCUT2D eigenvalue weighted by Crippen LogP contribution is 2.24. The molecule has 0 heterocycles. The molecule has 21 heavy (non-hydrogen) atoms. The van der Waals surface area contributed by atoms with E-state index in [-0.39, 0.29) is 11.5 Å². The molecule has 2 aromatic carbocycles. The second-order valence-electron chi connectivity index (χ2n) is 4.22. The Labute approximate surface area is 129 Å². The molecule has 0 unspecified atom stereocenters. The van der Waals surface area contributed by atoms with Gasteiger partial charge in [-0.1, -0.05) is 15.9 Å². The maximum atomic E-state index is 12.1. The van der Waals surface area contributed by atoms with Crippen LogP contribution in [0.2, 0.25) is 0 Å². The molecule has 0 aliphatic rings. The van der Waals surface area contributed by atoms with Crippen LogP contribution in [-0.4, -0.2) is 24.1 Å². The molecule has 0 atom stereocenters. The van der Waals surface area contributed by atoms with Crippen LogP contribution in [-0.2, 0) is 0 Å². The van der Waals surface area contributed by atoms with Gasteiger partial charge in [0.25, 0.3) is 5.91 Å². The van der Waals surface area contributed by atoms with E-state index in [1.807, 2.05) is 0 Å². The number of carbonyl (C=O) groups excluding carboxylic acids is 1. The normalized spacial score (nSPS) is 10.0. The summed E-state index contributed by atoms with van der Waals surface area (Å²) in [5.74, 6) is -0.744. The van der Waals surface area contributed by atoms with E-state index in [2.05, 4.69) is 21.2 Å². The average molecular weight is 350 g/mol. The minimum absolute atomic E-state index is 0.135. The zero-order valence-electron chi connectivity index (χ0n) is 11.1. The van der Waals surface area contributed by atoms with Gasteiger partial charge in [0.15, 0.2) is 0 Å². The van der Waals surface area contributed by atoms with Crippen LogP contribution in [0.15, 0.2) is 46.9 Å². The fraction of sp³-hybridized carbons (Fsp3) is 0.0667. The minimum Gasteiger partial charge on any atom is -0.497 e. The van der Waals surface area contributed by atoms with Gasteiger partial charge >= 0.3 is 5.97 Å². The van der Waals surface area contributed by atoms with Gasteiger partial charge in [-0.25, -0.2) is 4.79 Å². The molecular weight excluding hydrogens is 338 g/mol. The van der Waals surface area contributed by atoms with Crippen molar-refractivity contribution in [1.82, 2.24) is 0 Å². The van der Waals surface area contributed by atoms with Gasteiger partial charge in [0.1, 0.15) is 5.75 Å². The molecule has 0 radical (unpaired) electrons. The number of amides is 1. The van der Waals surface area contributed by atoms with Crippen LogP contribution < -0.4 is 10.1 Å². The number of nitrogens with one attached hydrogen (secondary N) is 1. The van der Waals surface area contributed by atoms with E-state index >= 15 is 0 Å². The second-order valence-corrected chi connectivity index (χ2v) is 5.13. The summed E-state index contributed by atoms with van der Waals surface area (Å²) in [4.78, 5) is 22.9. The zero-order chi connectivity index (χ0) is 15.4. The summed E-state index contributed by atoms with van der Waals surface area (Å²) in [6.07, 6.45) is 0. The Hall–Kier alpha value is -2.34. The molecule has 2 N–H and O–H groups in total. The van der Waals surface area contributed by atoms with Crippen molar-refractivity contribution in [2.45, 2.75) is 0 Å². The van der Waals surface area contributed by atoms with Crippen LogP contribution in [0.25, 0.3) is 0 Å². The Morgan fingerprint density at radius 1 is 1.10 bits per heavy atom. The Balaban J connectivity index is 2.17. The number of carbonyl (C=O) groups is 2. The molecule has 0 fully saturated rings. The van der Waals surface area contributed by atoms with Crippen molar-refractivity contribution in [1.29, 1.82) is 0 Å². The lowest BCUT2D eigenvalue weighted by Gasteiger charge is -2.08. The third-order valence-electron chi connectivity index (χ3n) is 2.76. The van der Waals surface area contributed by atoms with E-state index in [9.17, 15) is 9.59 Å². The molecule has 0 aromatic heterocycles. The zero-order valence-corrected chi connectivity index (χ0v) is 12.7. The van der Waals surface area contributed by atoms with Crippen LogP contribution in [0.5, 0.6) is 5.75 Å². The molecule has 0 bridgehead atoms. The Morgan fingerprint density at radius 2 is 1.71 bits per heavy atom. The number of ether oxygens (including phenoxy) is 1. The van der Waals surface area contributed by atoms with Crippen molar-refractivity contribution in [2.24, 2.45) is 0 Å². The number of methoxy groups -OCH3 is 1. The quantitative estimate of drug-likeness (QED) is 0.886. The van der Waals surface area contributed by atoms with E-state index in [1.165, 1.54) is 31.4 Å². The molecule has 0 aliphatic heterocycles. The number of hydrogen-bond donors (Lipinski definition) is 2. The summed E-state index contributed by atoms with van der Waals surface area (Å²) in [6, 6.07) is 10.9. The summed E-state index contributed by atoms with van der Waals surface area (Å²) in [5, 5.41) is 11.5. The van der Waals surface area contributed by atoms with Crippen LogP contribution >= 0.6 is 15.9 Å². The van der Waals surface area contributed by atoms with Gasteiger partial charge < -0.3 is 15.2 Å². The number of halogens is 1. The van der Waals surface area contributed by atoms with E-state index < -0.39 is 5.97 Å². The van der Waals surface area contributed by atoms with Crippen molar-refractivity contribution in [3.05, 3.63) is 58.1 Å². The molecule has 1 amide bonds. The van der Waals surface area contributed by atoms with Gasteiger partial charge in [-0.15, -0.1) is 0 Å². The summed E-state index contributed by atoms with van der Waals surface area (Å²) in [6.45, 7) is 0. The van der Waals surface area contributed by atoms with Crippen molar-refractivity contribution in [2.75, 3.05) is 12.4 Å². The lowest BCUT2D eigenvalue weighted by molar-refractivity contribution is 0.0696. The molecule has 6 heteroatoms. The highest BCUT2D eigenvalue weighted by atomic mass is 79.9. The largest absolute Gasteiger partial charge is 0.497 e. The predicted octanol–water partition coefficient (Wildman–Crippen LogP) is 3.41. The number of anilines is 1. The number of carboxylic acid groups (broad SMARTS) is 1. The SMILES string of the molecule is COc1cc(Br)cc(NC(=O)c2ccc(C(=O)O)cc2)c1. The predicted molar refractivity (Wildman–Crippen MR) is 82.0 cm³/mol. The lowest BCUT2D eigenvalue weighted by Crippen LogP contribution is -2.12. The van der Waals surface area contributed by atoms with Crippen LogP contribution in [0, 0.1) is 0 Å². The fourth-order valence-corrected chi connectivity index (χ4v) is 2.19. The first-order chi connectivity index (χ1) is 9.99. The Bertz CT molecular complexity index is 683. The fourth-order valence-electron chi connectivity index (χ4n) is 1.72. The first-order valence-corrected chi connectivity index (χ1v) is 6.78. The summed E-state index contributed by atoms with van der Waals surface area (Å²) >= 11 is 3.33. The highest BCUT2D eigenvalue weighted by molar-refractivity contribution is 9.10. The second kappa shape index (κ2) is 6.41. The van der Waals surface area contributed by atoms with Crippen LogP contribution in [0.4, 0.5) is 5.69 Å². The third kappa shape index (κ3) is 3.82. The first-order valence-electron chi connectivity index (χ1n) is 5.99. The summed E-state index contributed by atoms with van der Waals surface area (Å²) in [7, 11) is 1.54. The maximum Gasteiger partial charge on any atom is 0.335 e. The number of carboxylic acids is 1. The van der Waals surface area contributed by atoms with Gasteiger partial charge in [0.2, 0.25) is 0 Å². The van der Waals surface area contributed by atoms with Crippen molar-refractivity contribution >= 4 is 33.5 Å². The standard InChI is InChI=1S/C15H12BrNO4/c1-21-13-7-11(16)6-12(8-13)17-14(18)9-2-4-10(5-3-9)15(19)20/h2-8H,1H3,(H,17,18)(H,19,20). The number of aromatic carboxylic acids is 1.